The Bertz CT molecular complexity index is 1130. The first-order valence-corrected chi connectivity index (χ1v) is 10.5. The lowest BCUT2D eigenvalue weighted by molar-refractivity contribution is -0.113. The number of thioether (sulfide) groups is 1. The van der Waals surface area contributed by atoms with Gasteiger partial charge in [0.1, 0.15) is 10.5 Å². The van der Waals surface area contributed by atoms with Crippen molar-refractivity contribution in [3.05, 3.63) is 24.5 Å². The number of nitrogens with zero attached hydrogens (tertiary/aromatic N) is 3. The lowest BCUT2D eigenvalue weighted by atomic mass is 10.3. The van der Waals surface area contributed by atoms with Crippen molar-refractivity contribution in [3.8, 4) is 11.5 Å². The van der Waals surface area contributed by atoms with E-state index in [1.807, 2.05) is 0 Å². The molecule has 0 spiro atoms. The van der Waals surface area contributed by atoms with Crippen LogP contribution in [0.1, 0.15) is 0 Å². The van der Waals surface area contributed by atoms with Crippen LogP contribution < -0.4 is 20.0 Å². The van der Waals surface area contributed by atoms with Gasteiger partial charge in [0.15, 0.2) is 17.1 Å². The number of aromatic amines is 1. The van der Waals surface area contributed by atoms with E-state index in [1.54, 1.807) is 0 Å². The molecule has 1 aromatic carbocycles. The molecule has 28 heavy (non-hydrogen) atoms. The van der Waals surface area contributed by atoms with Gasteiger partial charge in [0, 0.05) is 11.8 Å². The van der Waals surface area contributed by atoms with E-state index >= 15 is 0 Å². The molecule has 11 nitrogen and oxygen atoms in total. The third-order valence-corrected chi connectivity index (χ3v) is 4.76. The van der Waals surface area contributed by atoms with E-state index in [-0.39, 0.29) is 29.1 Å². The molecule has 0 aliphatic rings. The van der Waals surface area contributed by atoms with Crippen LogP contribution >= 0.6 is 11.8 Å². The van der Waals surface area contributed by atoms with Crippen molar-refractivity contribution in [1.82, 2.24) is 19.9 Å². The molecule has 2 heterocycles. The average molecular weight is 424 g/mol. The predicted molar refractivity (Wildman–Crippen MR) is 104 cm³/mol. The fourth-order valence-electron chi connectivity index (χ4n) is 2.24. The molecule has 3 aromatic rings. The van der Waals surface area contributed by atoms with Gasteiger partial charge in [0.05, 0.1) is 25.4 Å². The van der Waals surface area contributed by atoms with Gasteiger partial charge in [0.2, 0.25) is 11.9 Å². The van der Waals surface area contributed by atoms with Gasteiger partial charge >= 0.3 is 10.1 Å². The molecule has 0 saturated carbocycles. The summed E-state index contributed by atoms with van der Waals surface area (Å²) in [5, 5.41) is 3.19. The summed E-state index contributed by atoms with van der Waals surface area (Å²) in [6.07, 6.45) is 2.39. The maximum Gasteiger partial charge on any atom is 0.306 e. The van der Waals surface area contributed by atoms with Crippen molar-refractivity contribution in [3.63, 3.8) is 0 Å². The fourth-order valence-corrected chi connectivity index (χ4v) is 3.49. The van der Waals surface area contributed by atoms with Gasteiger partial charge in [-0.25, -0.2) is 9.97 Å². The summed E-state index contributed by atoms with van der Waals surface area (Å²) in [5.74, 6) is -0.00873. The van der Waals surface area contributed by atoms with Crippen LogP contribution in [-0.4, -0.2) is 53.4 Å². The number of nitrogens with two attached hydrogens (primary N) is 1. The number of ether oxygens (including phenoxy) is 1. The van der Waals surface area contributed by atoms with Gasteiger partial charge in [-0.2, -0.15) is 13.4 Å². The Kier molecular flexibility index (Phi) is 5.56. The number of fused-ring (bicyclic) bond motifs is 1. The molecular weight excluding hydrogens is 408 g/mol. The maximum atomic E-state index is 12.3. The number of nitrogen functional groups attached to an aromatic ring is 1. The van der Waals surface area contributed by atoms with Crippen molar-refractivity contribution in [2.75, 3.05) is 30.2 Å². The Morgan fingerprint density at radius 1 is 1.32 bits per heavy atom. The number of imidazole rings is 1. The third kappa shape index (κ3) is 4.80. The van der Waals surface area contributed by atoms with Crippen LogP contribution in [0.2, 0.25) is 0 Å². The molecule has 3 rings (SSSR count). The van der Waals surface area contributed by atoms with Crippen LogP contribution in [-0.2, 0) is 14.9 Å². The number of hydrogen-bond donors (Lipinski definition) is 3. The number of amides is 1. The quantitative estimate of drug-likeness (QED) is 0.283. The number of carbonyl (C=O) groups excluding carboxylic acids is 1. The van der Waals surface area contributed by atoms with Crippen molar-refractivity contribution < 1.29 is 22.1 Å². The SMILES string of the molecule is COc1cc(NC(=O)CSc2nc(N)nc3nc[nH]c23)ccc1OS(C)(=O)=O. The molecular formula is C15H16N6O5S2. The number of H-pyrrole nitrogens is 1. The number of carbonyl (C=O) groups is 1. The fraction of sp³-hybridized carbons (Fsp3) is 0.200. The highest BCUT2D eigenvalue weighted by molar-refractivity contribution is 8.00. The Labute approximate surface area is 164 Å². The highest BCUT2D eigenvalue weighted by atomic mass is 32.2. The zero-order valence-electron chi connectivity index (χ0n) is 14.8. The highest BCUT2D eigenvalue weighted by Crippen LogP contribution is 2.31. The smallest absolute Gasteiger partial charge is 0.306 e. The second-order valence-electron chi connectivity index (χ2n) is 5.48. The highest BCUT2D eigenvalue weighted by Gasteiger charge is 2.14. The van der Waals surface area contributed by atoms with E-state index in [9.17, 15) is 13.2 Å². The summed E-state index contributed by atoms with van der Waals surface area (Å²) in [6.45, 7) is 0. The van der Waals surface area contributed by atoms with E-state index in [2.05, 4.69) is 25.3 Å². The number of nitrogens with one attached hydrogen (secondary N) is 2. The number of benzene rings is 1. The number of rotatable bonds is 7. The monoisotopic (exact) mass is 424 g/mol. The normalized spacial score (nSPS) is 11.4. The van der Waals surface area contributed by atoms with E-state index in [4.69, 9.17) is 14.7 Å². The van der Waals surface area contributed by atoms with Gasteiger partial charge < -0.3 is 25.0 Å². The minimum absolute atomic E-state index is 0.0236. The topological polar surface area (TPSA) is 162 Å². The zero-order chi connectivity index (χ0) is 20.3. The number of hydrogen-bond acceptors (Lipinski definition) is 10. The third-order valence-electron chi connectivity index (χ3n) is 3.30. The lowest BCUT2D eigenvalue weighted by Gasteiger charge is -2.11. The average Bonchev–Trinajstić information content (AvgIpc) is 3.08. The molecule has 0 aliphatic heterocycles. The van der Waals surface area contributed by atoms with Crippen molar-refractivity contribution in [2.24, 2.45) is 0 Å². The van der Waals surface area contributed by atoms with E-state index < -0.39 is 10.1 Å². The van der Waals surface area contributed by atoms with Crippen molar-refractivity contribution in [2.45, 2.75) is 5.03 Å². The number of methoxy groups -OCH3 is 1. The second-order valence-corrected chi connectivity index (χ2v) is 8.02. The summed E-state index contributed by atoms with van der Waals surface area (Å²) in [7, 11) is -2.34. The summed E-state index contributed by atoms with van der Waals surface area (Å²) in [5.41, 5.74) is 7.07. The molecule has 0 atom stereocenters. The Morgan fingerprint density at radius 3 is 2.82 bits per heavy atom. The Morgan fingerprint density at radius 2 is 2.11 bits per heavy atom. The van der Waals surface area contributed by atoms with Gasteiger partial charge in [-0.05, 0) is 12.1 Å². The summed E-state index contributed by atoms with van der Waals surface area (Å²) in [4.78, 5) is 27.3. The molecule has 0 saturated heterocycles. The number of anilines is 2. The Hall–Kier alpha value is -3.06. The van der Waals surface area contributed by atoms with Crippen LogP contribution in [0.25, 0.3) is 11.2 Å². The van der Waals surface area contributed by atoms with Gasteiger partial charge in [-0.1, -0.05) is 11.8 Å². The zero-order valence-corrected chi connectivity index (χ0v) is 16.4. The minimum atomic E-state index is -3.70. The molecule has 0 radical (unpaired) electrons. The standard InChI is InChI=1S/C15H16N6O5S2/c1-25-10-5-8(3-4-9(10)26-28(2,23)24)19-11(22)6-27-14-12-13(18-7-17-12)20-15(16)21-14/h3-5,7H,6H2,1-2H3,(H,19,22)(H3,16,17,18,20,21). The van der Waals surface area contributed by atoms with Gasteiger partial charge in [0.25, 0.3) is 0 Å². The van der Waals surface area contributed by atoms with Gasteiger partial charge in [-0.15, -0.1) is 0 Å². The van der Waals surface area contributed by atoms with Crippen molar-refractivity contribution >= 4 is 50.6 Å². The van der Waals surface area contributed by atoms with Crippen molar-refractivity contribution in [1.29, 1.82) is 0 Å². The van der Waals surface area contributed by atoms with E-state index in [0.29, 0.717) is 21.9 Å². The molecule has 1 amide bonds. The predicted octanol–water partition coefficient (Wildman–Crippen LogP) is 1.01. The molecule has 4 N–H and O–H groups in total. The molecule has 148 valence electrons. The summed E-state index contributed by atoms with van der Waals surface area (Å²) < 4.78 is 32.5. The van der Waals surface area contributed by atoms with E-state index in [0.717, 1.165) is 6.26 Å². The first-order valence-electron chi connectivity index (χ1n) is 7.72. The molecule has 0 fully saturated rings. The van der Waals surface area contributed by atoms with E-state index in [1.165, 1.54) is 43.4 Å². The van der Waals surface area contributed by atoms with Crippen LogP contribution in [0.3, 0.4) is 0 Å². The minimum Gasteiger partial charge on any atom is -0.493 e. The van der Waals surface area contributed by atoms with Crippen LogP contribution in [0.5, 0.6) is 11.5 Å². The van der Waals surface area contributed by atoms with Crippen LogP contribution in [0.15, 0.2) is 29.6 Å². The molecule has 0 aliphatic carbocycles. The summed E-state index contributed by atoms with van der Waals surface area (Å²) >= 11 is 1.17. The summed E-state index contributed by atoms with van der Waals surface area (Å²) in [6, 6.07) is 4.35. The Balaban J connectivity index is 1.68. The van der Waals surface area contributed by atoms with Gasteiger partial charge in [-0.3, -0.25) is 4.79 Å². The lowest BCUT2D eigenvalue weighted by Crippen LogP contribution is -2.14. The first-order chi connectivity index (χ1) is 13.2. The van der Waals surface area contributed by atoms with Crippen LogP contribution in [0, 0.1) is 0 Å². The largest absolute Gasteiger partial charge is 0.493 e. The molecule has 0 bridgehead atoms. The molecule has 13 heteroatoms. The molecule has 2 aromatic heterocycles. The maximum absolute atomic E-state index is 12.3. The number of aromatic nitrogens is 4. The van der Waals surface area contributed by atoms with Crippen LogP contribution in [0.4, 0.5) is 11.6 Å². The first kappa shape index (κ1) is 19.7. The second kappa shape index (κ2) is 7.90. The molecule has 0 unspecified atom stereocenters.